The zero-order valence-corrected chi connectivity index (χ0v) is 16.2. The molecule has 26 heavy (non-hydrogen) atoms. The molecule has 0 aliphatic carbocycles. The number of nitrogens with zero attached hydrogens (tertiary/aromatic N) is 4. The molecule has 0 radical (unpaired) electrons. The maximum Gasteiger partial charge on any atom is 0.326 e. The Balaban J connectivity index is 1.50. The minimum Gasteiger partial charge on any atom is -0.361 e. The van der Waals surface area contributed by atoms with Gasteiger partial charge >= 0.3 is 10.2 Å². The summed E-state index contributed by atoms with van der Waals surface area (Å²) in [5.74, 6) is 0.863. The number of piperidine rings is 1. The van der Waals surface area contributed by atoms with E-state index in [9.17, 15) is 8.42 Å². The predicted octanol–water partition coefficient (Wildman–Crippen LogP) is 2.46. The molecule has 7 nitrogen and oxygen atoms in total. The van der Waals surface area contributed by atoms with E-state index >= 15 is 0 Å². The highest BCUT2D eigenvalue weighted by atomic mass is 32.2. The Kier molecular flexibility index (Phi) is 4.19. The molecular formula is C18H24N4O3S. The van der Waals surface area contributed by atoms with Gasteiger partial charge in [0, 0.05) is 38.3 Å². The Labute approximate surface area is 154 Å². The van der Waals surface area contributed by atoms with Crippen molar-refractivity contribution in [1.29, 1.82) is 0 Å². The van der Waals surface area contributed by atoms with Crippen molar-refractivity contribution in [3.63, 3.8) is 0 Å². The highest BCUT2D eigenvalue weighted by Gasteiger charge is 2.42. The zero-order valence-electron chi connectivity index (χ0n) is 15.3. The summed E-state index contributed by atoms with van der Waals surface area (Å²) in [6.07, 6.45) is 1.62. The summed E-state index contributed by atoms with van der Waals surface area (Å²) < 4.78 is 34.0. The SMILES string of the molecule is Cc1noc(C)c1CN1CCC(N2c3ccccc3N(C)S2(=O)=O)CC1. The summed E-state index contributed by atoms with van der Waals surface area (Å²) in [6, 6.07) is 7.52. The maximum absolute atomic E-state index is 12.9. The van der Waals surface area contributed by atoms with E-state index in [1.807, 2.05) is 38.1 Å². The zero-order chi connectivity index (χ0) is 18.5. The number of likely N-dealkylation sites (tertiary alicyclic amines) is 1. The molecule has 2 aliphatic heterocycles. The Morgan fingerprint density at radius 2 is 1.81 bits per heavy atom. The molecule has 2 aliphatic rings. The predicted molar refractivity (Wildman–Crippen MR) is 101 cm³/mol. The quantitative estimate of drug-likeness (QED) is 0.823. The van der Waals surface area contributed by atoms with Gasteiger partial charge in [0.15, 0.2) is 0 Å². The van der Waals surface area contributed by atoms with E-state index in [0.717, 1.165) is 60.9 Å². The number of fused-ring (bicyclic) bond motifs is 1. The lowest BCUT2D eigenvalue weighted by Crippen LogP contribution is -2.48. The number of aryl methyl sites for hydroxylation is 2. The fourth-order valence-electron chi connectivity index (χ4n) is 3.95. The highest BCUT2D eigenvalue weighted by Crippen LogP contribution is 2.42. The molecule has 0 saturated carbocycles. The Morgan fingerprint density at radius 3 is 2.42 bits per heavy atom. The first-order valence-corrected chi connectivity index (χ1v) is 10.3. The van der Waals surface area contributed by atoms with Gasteiger partial charge < -0.3 is 4.52 Å². The van der Waals surface area contributed by atoms with Gasteiger partial charge in [-0.15, -0.1) is 0 Å². The third-order valence-corrected chi connectivity index (χ3v) is 7.39. The van der Waals surface area contributed by atoms with Crippen molar-refractivity contribution >= 4 is 21.6 Å². The van der Waals surface area contributed by atoms with Crippen molar-refractivity contribution in [1.82, 2.24) is 10.1 Å². The molecule has 0 atom stereocenters. The molecule has 1 fully saturated rings. The fraction of sp³-hybridized carbons (Fsp3) is 0.500. The van der Waals surface area contributed by atoms with Crippen LogP contribution in [-0.2, 0) is 16.8 Å². The number of anilines is 2. The van der Waals surface area contributed by atoms with Crippen molar-refractivity contribution in [3.05, 3.63) is 41.3 Å². The summed E-state index contributed by atoms with van der Waals surface area (Å²) >= 11 is 0. The topological polar surface area (TPSA) is 69.9 Å². The van der Waals surface area contributed by atoms with Crippen LogP contribution >= 0.6 is 0 Å². The molecule has 8 heteroatoms. The molecule has 0 bridgehead atoms. The second-order valence-electron chi connectivity index (χ2n) is 7.07. The van der Waals surface area contributed by atoms with Crippen molar-refractivity contribution in [2.24, 2.45) is 0 Å². The third-order valence-electron chi connectivity index (χ3n) is 5.50. The van der Waals surface area contributed by atoms with E-state index in [-0.39, 0.29) is 6.04 Å². The molecule has 0 amide bonds. The van der Waals surface area contributed by atoms with Crippen molar-refractivity contribution in [2.75, 3.05) is 28.7 Å². The fourth-order valence-corrected chi connectivity index (χ4v) is 5.60. The molecular weight excluding hydrogens is 352 g/mol. The molecule has 1 saturated heterocycles. The lowest BCUT2D eigenvalue weighted by molar-refractivity contribution is 0.205. The lowest BCUT2D eigenvalue weighted by atomic mass is 10.0. The van der Waals surface area contributed by atoms with Gasteiger partial charge in [0.05, 0.1) is 17.1 Å². The minimum atomic E-state index is -3.48. The van der Waals surface area contributed by atoms with Crippen LogP contribution in [0.4, 0.5) is 11.4 Å². The smallest absolute Gasteiger partial charge is 0.326 e. The first kappa shape index (κ1) is 17.4. The largest absolute Gasteiger partial charge is 0.361 e. The van der Waals surface area contributed by atoms with E-state index in [1.165, 1.54) is 4.31 Å². The average Bonchev–Trinajstić information content (AvgIpc) is 3.04. The van der Waals surface area contributed by atoms with Gasteiger partial charge in [-0.1, -0.05) is 17.3 Å². The van der Waals surface area contributed by atoms with Crippen LogP contribution in [0.1, 0.15) is 29.9 Å². The molecule has 1 aromatic carbocycles. The second kappa shape index (κ2) is 6.28. The summed E-state index contributed by atoms with van der Waals surface area (Å²) in [5, 5.41) is 4.02. The number of hydrogen-bond donors (Lipinski definition) is 0. The highest BCUT2D eigenvalue weighted by molar-refractivity contribution is 7.94. The van der Waals surface area contributed by atoms with Crippen LogP contribution in [0.25, 0.3) is 0 Å². The lowest BCUT2D eigenvalue weighted by Gasteiger charge is -2.36. The molecule has 0 unspecified atom stereocenters. The molecule has 140 valence electrons. The van der Waals surface area contributed by atoms with Gasteiger partial charge in [0.25, 0.3) is 0 Å². The second-order valence-corrected chi connectivity index (χ2v) is 8.91. The average molecular weight is 376 g/mol. The van der Waals surface area contributed by atoms with Crippen LogP contribution in [-0.4, -0.2) is 44.7 Å². The van der Waals surface area contributed by atoms with Gasteiger partial charge in [-0.05, 0) is 38.8 Å². The Bertz CT molecular complexity index is 897. The van der Waals surface area contributed by atoms with E-state index < -0.39 is 10.2 Å². The Hall–Kier alpha value is -2.06. The number of para-hydroxylation sites is 2. The molecule has 0 spiro atoms. The third kappa shape index (κ3) is 2.68. The standard InChI is InChI=1S/C18H24N4O3S/c1-13-16(14(2)25-19-13)12-21-10-8-15(9-11-21)22-18-7-5-4-6-17(18)20(3)26(22,23)24/h4-7,15H,8-12H2,1-3H3. The van der Waals surface area contributed by atoms with Gasteiger partial charge in [-0.3, -0.25) is 9.21 Å². The molecule has 4 rings (SSSR count). The van der Waals surface area contributed by atoms with Crippen molar-refractivity contribution in [2.45, 2.75) is 39.3 Å². The van der Waals surface area contributed by atoms with Gasteiger partial charge in [-0.25, -0.2) is 4.31 Å². The van der Waals surface area contributed by atoms with Crippen LogP contribution in [0.3, 0.4) is 0 Å². The van der Waals surface area contributed by atoms with E-state index in [1.54, 1.807) is 11.4 Å². The Morgan fingerprint density at radius 1 is 1.15 bits per heavy atom. The van der Waals surface area contributed by atoms with E-state index in [4.69, 9.17) is 4.52 Å². The molecule has 0 N–H and O–H groups in total. The number of rotatable bonds is 3. The summed E-state index contributed by atoms with van der Waals surface area (Å²) in [4.78, 5) is 2.35. The first-order valence-electron chi connectivity index (χ1n) is 8.91. The number of hydrogen-bond acceptors (Lipinski definition) is 5. The maximum atomic E-state index is 12.9. The monoisotopic (exact) mass is 376 g/mol. The van der Waals surface area contributed by atoms with E-state index in [0.29, 0.717) is 0 Å². The van der Waals surface area contributed by atoms with Crippen LogP contribution in [0.5, 0.6) is 0 Å². The molecule has 1 aromatic heterocycles. The number of aromatic nitrogens is 1. The number of benzene rings is 1. The summed E-state index contributed by atoms with van der Waals surface area (Å²) in [6.45, 7) is 6.41. The molecule has 2 aromatic rings. The van der Waals surface area contributed by atoms with Gasteiger partial charge in [-0.2, -0.15) is 8.42 Å². The normalized spacial score (nSPS) is 20.6. The molecule has 3 heterocycles. The van der Waals surface area contributed by atoms with Crippen LogP contribution in [0.15, 0.2) is 28.8 Å². The van der Waals surface area contributed by atoms with Crippen molar-refractivity contribution < 1.29 is 12.9 Å². The summed E-state index contributed by atoms with van der Waals surface area (Å²) in [5.41, 5.74) is 3.62. The van der Waals surface area contributed by atoms with Crippen molar-refractivity contribution in [3.8, 4) is 0 Å². The van der Waals surface area contributed by atoms with Crippen LogP contribution in [0.2, 0.25) is 0 Å². The first-order chi connectivity index (χ1) is 12.4. The van der Waals surface area contributed by atoms with Crippen LogP contribution in [0, 0.1) is 13.8 Å². The van der Waals surface area contributed by atoms with Gasteiger partial charge in [0.2, 0.25) is 0 Å². The summed E-state index contributed by atoms with van der Waals surface area (Å²) in [7, 11) is -1.86. The van der Waals surface area contributed by atoms with Crippen LogP contribution < -0.4 is 8.61 Å². The minimum absolute atomic E-state index is 0.00739. The van der Waals surface area contributed by atoms with Gasteiger partial charge in [0.1, 0.15) is 5.76 Å². The van der Waals surface area contributed by atoms with E-state index in [2.05, 4.69) is 10.1 Å².